The highest BCUT2D eigenvalue weighted by Gasteiger charge is 2.27. The summed E-state index contributed by atoms with van der Waals surface area (Å²) in [7, 11) is 1.62. The molecule has 0 radical (unpaired) electrons. The van der Waals surface area contributed by atoms with E-state index in [1.54, 1.807) is 18.2 Å². The van der Waals surface area contributed by atoms with Crippen molar-refractivity contribution in [2.24, 2.45) is 4.99 Å². The van der Waals surface area contributed by atoms with Crippen molar-refractivity contribution in [3.8, 4) is 11.3 Å². The topological polar surface area (TPSA) is 79.7 Å². The second-order valence-corrected chi connectivity index (χ2v) is 6.82. The molecule has 1 aromatic carbocycles. The van der Waals surface area contributed by atoms with Gasteiger partial charge in [0.15, 0.2) is 11.6 Å². The van der Waals surface area contributed by atoms with Crippen LogP contribution in [0.3, 0.4) is 0 Å². The van der Waals surface area contributed by atoms with Gasteiger partial charge < -0.3 is 10.1 Å². The number of methoxy groups -OCH3 is 1. The van der Waals surface area contributed by atoms with Gasteiger partial charge in [0.05, 0.1) is 43.0 Å². The lowest BCUT2D eigenvalue weighted by Gasteiger charge is -2.28. The van der Waals surface area contributed by atoms with Crippen LogP contribution in [-0.4, -0.2) is 48.4 Å². The van der Waals surface area contributed by atoms with Crippen molar-refractivity contribution in [1.82, 2.24) is 9.97 Å². The Morgan fingerprint density at radius 1 is 1.32 bits per heavy atom. The molecule has 1 aliphatic carbocycles. The predicted molar refractivity (Wildman–Crippen MR) is 109 cm³/mol. The first-order chi connectivity index (χ1) is 13.7. The second kappa shape index (κ2) is 6.69. The van der Waals surface area contributed by atoms with Crippen molar-refractivity contribution in [2.75, 3.05) is 37.0 Å². The lowest BCUT2D eigenvalue weighted by molar-refractivity contribution is -0.117. The van der Waals surface area contributed by atoms with Gasteiger partial charge in [-0.15, -0.1) is 0 Å². The molecule has 28 heavy (non-hydrogen) atoms. The maximum absolute atomic E-state index is 12.3. The van der Waals surface area contributed by atoms with E-state index >= 15 is 0 Å². The van der Waals surface area contributed by atoms with E-state index in [-0.39, 0.29) is 12.5 Å². The molecule has 0 fully saturated rings. The van der Waals surface area contributed by atoms with Crippen LogP contribution in [0.15, 0.2) is 47.6 Å². The Kier molecular flexibility index (Phi) is 4.02. The second-order valence-electron chi connectivity index (χ2n) is 6.82. The third-order valence-corrected chi connectivity index (χ3v) is 5.10. The molecule has 7 nitrogen and oxygen atoms in total. The number of aliphatic imine (C=N–C) groups is 1. The van der Waals surface area contributed by atoms with Crippen LogP contribution < -0.4 is 10.2 Å². The molecule has 3 aliphatic rings. The summed E-state index contributed by atoms with van der Waals surface area (Å²) in [5.74, 6) is 1.12. The number of ether oxygens (including phenoxy) is 1. The zero-order valence-corrected chi connectivity index (χ0v) is 15.5. The normalized spacial score (nSPS) is 16.8. The standard InChI is InChI=1S/C21H19N5O2/c1-28-9-8-26-19(27)12-23-20-21(26)25-18(11-22-20)13-6-7-17-15(10-13)14-4-2-3-5-16(14)24-17/h2-4,6-7,10-11H,5,8-9,12H2,1H3,(H,22,23). The highest BCUT2D eigenvalue weighted by molar-refractivity contribution is 6.30. The molecule has 1 aromatic heterocycles. The predicted octanol–water partition coefficient (Wildman–Crippen LogP) is 2.98. The molecule has 0 atom stereocenters. The zero-order valence-electron chi connectivity index (χ0n) is 15.5. The van der Waals surface area contributed by atoms with Gasteiger partial charge >= 0.3 is 0 Å². The minimum Gasteiger partial charge on any atom is -0.383 e. The summed E-state index contributed by atoms with van der Waals surface area (Å²) in [4.78, 5) is 27.9. The molecule has 0 unspecified atom stereocenters. The Labute approximate surface area is 162 Å². The van der Waals surface area contributed by atoms with E-state index in [1.165, 1.54) is 5.57 Å². The van der Waals surface area contributed by atoms with Gasteiger partial charge in [0.2, 0.25) is 5.91 Å². The Bertz CT molecular complexity index is 1070. The van der Waals surface area contributed by atoms with Crippen molar-refractivity contribution in [3.63, 3.8) is 0 Å². The molecule has 140 valence electrons. The fourth-order valence-corrected chi connectivity index (χ4v) is 3.67. The number of rotatable bonds is 4. The number of hydrogen-bond donors (Lipinski definition) is 1. The molecule has 0 saturated carbocycles. The highest BCUT2D eigenvalue weighted by Crippen LogP contribution is 2.40. The third kappa shape index (κ3) is 2.71. The first kappa shape index (κ1) is 16.8. The average Bonchev–Trinajstić information content (AvgIpc) is 3.10. The molecule has 1 N–H and O–H groups in total. The van der Waals surface area contributed by atoms with Crippen LogP contribution in [0.25, 0.3) is 16.8 Å². The quantitative estimate of drug-likeness (QED) is 0.891. The summed E-state index contributed by atoms with van der Waals surface area (Å²) in [6, 6.07) is 6.12. The van der Waals surface area contributed by atoms with Crippen molar-refractivity contribution in [2.45, 2.75) is 6.42 Å². The maximum atomic E-state index is 12.3. The van der Waals surface area contributed by atoms with Crippen LogP contribution in [0.5, 0.6) is 0 Å². The van der Waals surface area contributed by atoms with E-state index in [2.05, 4.69) is 34.6 Å². The van der Waals surface area contributed by atoms with Crippen LogP contribution in [0.1, 0.15) is 12.0 Å². The lowest BCUT2D eigenvalue weighted by atomic mass is 9.95. The average molecular weight is 373 g/mol. The molecule has 3 heterocycles. The van der Waals surface area contributed by atoms with Gasteiger partial charge in [0, 0.05) is 30.2 Å². The largest absolute Gasteiger partial charge is 0.383 e. The van der Waals surface area contributed by atoms with Crippen LogP contribution in [0.2, 0.25) is 0 Å². The molecule has 7 heteroatoms. The number of anilines is 2. The lowest BCUT2D eigenvalue weighted by Crippen LogP contribution is -2.42. The fourth-order valence-electron chi connectivity index (χ4n) is 3.67. The first-order valence-corrected chi connectivity index (χ1v) is 9.24. The molecule has 0 spiro atoms. The maximum Gasteiger partial charge on any atom is 0.247 e. The van der Waals surface area contributed by atoms with Gasteiger partial charge in [-0.3, -0.25) is 14.7 Å². The van der Waals surface area contributed by atoms with Crippen molar-refractivity contribution in [3.05, 3.63) is 48.2 Å². The summed E-state index contributed by atoms with van der Waals surface area (Å²) in [5.41, 5.74) is 6.04. The Morgan fingerprint density at radius 2 is 2.25 bits per heavy atom. The summed E-state index contributed by atoms with van der Waals surface area (Å²) in [6.07, 6.45) is 8.88. The number of allylic oxidation sites excluding steroid dienone is 4. The molecular weight excluding hydrogens is 354 g/mol. The summed E-state index contributed by atoms with van der Waals surface area (Å²) < 4.78 is 5.14. The number of amides is 1. The number of nitrogens with one attached hydrogen (secondary N) is 1. The SMILES string of the molecule is COCCN1C(=O)CNc2ncc(-c3ccc4c(c3)C3=CC=CCC3=N4)nc21. The zero-order chi connectivity index (χ0) is 19.1. The van der Waals surface area contributed by atoms with Gasteiger partial charge in [-0.2, -0.15) is 0 Å². The van der Waals surface area contributed by atoms with E-state index in [0.717, 1.165) is 34.6 Å². The van der Waals surface area contributed by atoms with Crippen molar-refractivity contribution < 1.29 is 9.53 Å². The van der Waals surface area contributed by atoms with Gasteiger partial charge in [-0.05, 0) is 12.1 Å². The summed E-state index contributed by atoms with van der Waals surface area (Å²) in [5, 5.41) is 3.04. The Hall–Kier alpha value is -3.32. The minimum absolute atomic E-state index is 0.0397. The van der Waals surface area contributed by atoms with E-state index in [9.17, 15) is 4.79 Å². The van der Waals surface area contributed by atoms with Crippen molar-refractivity contribution in [1.29, 1.82) is 0 Å². The van der Waals surface area contributed by atoms with Gasteiger partial charge in [-0.1, -0.05) is 24.3 Å². The summed E-state index contributed by atoms with van der Waals surface area (Å²) >= 11 is 0. The first-order valence-electron chi connectivity index (χ1n) is 9.24. The number of fused-ring (bicyclic) bond motifs is 4. The number of carbonyl (C=O) groups excluding carboxylic acids is 1. The van der Waals surface area contributed by atoms with E-state index in [1.807, 2.05) is 12.1 Å². The Morgan fingerprint density at radius 3 is 3.14 bits per heavy atom. The smallest absolute Gasteiger partial charge is 0.247 e. The molecule has 1 amide bonds. The minimum atomic E-state index is -0.0397. The Balaban J connectivity index is 1.54. The monoisotopic (exact) mass is 373 g/mol. The highest BCUT2D eigenvalue weighted by atomic mass is 16.5. The van der Waals surface area contributed by atoms with Gasteiger partial charge in [-0.25, -0.2) is 9.97 Å². The number of nitrogens with zero attached hydrogens (tertiary/aromatic N) is 4. The molecule has 0 bridgehead atoms. The van der Waals surface area contributed by atoms with Crippen LogP contribution in [0, 0.1) is 0 Å². The molecule has 5 rings (SSSR count). The van der Waals surface area contributed by atoms with Crippen LogP contribution in [0.4, 0.5) is 17.3 Å². The van der Waals surface area contributed by atoms with Gasteiger partial charge in [0.1, 0.15) is 0 Å². The van der Waals surface area contributed by atoms with Crippen LogP contribution >= 0.6 is 0 Å². The molecule has 2 aliphatic heterocycles. The number of carbonyl (C=O) groups is 1. The van der Waals surface area contributed by atoms with Gasteiger partial charge in [0.25, 0.3) is 0 Å². The third-order valence-electron chi connectivity index (χ3n) is 5.10. The molecular formula is C21H19N5O2. The van der Waals surface area contributed by atoms with E-state index in [0.29, 0.717) is 24.8 Å². The number of hydrogen-bond acceptors (Lipinski definition) is 6. The molecule has 0 saturated heterocycles. The van der Waals surface area contributed by atoms with Crippen LogP contribution in [-0.2, 0) is 9.53 Å². The number of aromatic nitrogens is 2. The van der Waals surface area contributed by atoms with Crippen molar-refractivity contribution >= 4 is 34.5 Å². The molecule has 2 aromatic rings. The van der Waals surface area contributed by atoms with E-state index in [4.69, 9.17) is 14.7 Å². The number of benzene rings is 1. The van der Waals surface area contributed by atoms with E-state index < -0.39 is 0 Å². The summed E-state index contributed by atoms with van der Waals surface area (Å²) in [6.45, 7) is 1.10. The fraction of sp³-hybridized carbons (Fsp3) is 0.238.